The second-order valence-electron chi connectivity index (χ2n) is 7.78. The summed E-state index contributed by atoms with van der Waals surface area (Å²) < 4.78 is 1.58. The number of carbonyl (C=O) groups excluding carboxylic acids is 1. The van der Waals surface area contributed by atoms with Crippen molar-refractivity contribution >= 4 is 5.91 Å². The van der Waals surface area contributed by atoms with Crippen LogP contribution in [0, 0.1) is 5.92 Å². The largest absolute Gasteiger partial charge is 0.347 e. The number of amides is 1. The van der Waals surface area contributed by atoms with E-state index in [1.807, 2.05) is 6.92 Å². The summed E-state index contributed by atoms with van der Waals surface area (Å²) in [6.07, 6.45) is 9.70. The molecule has 2 aromatic rings. The lowest BCUT2D eigenvalue weighted by atomic mass is 9.83. The lowest BCUT2D eigenvalue weighted by molar-refractivity contribution is -0.125. The van der Waals surface area contributed by atoms with E-state index in [0.717, 1.165) is 0 Å². The average Bonchev–Trinajstić information content (AvgIpc) is 3.20. The van der Waals surface area contributed by atoms with Crippen molar-refractivity contribution < 1.29 is 4.79 Å². The highest BCUT2D eigenvalue weighted by atomic mass is 16.2. The Morgan fingerprint density at radius 3 is 2.38 bits per heavy atom. The molecule has 0 saturated heterocycles. The van der Waals surface area contributed by atoms with Crippen molar-refractivity contribution in [3.63, 3.8) is 0 Å². The minimum absolute atomic E-state index is 0.00567. The summed E-state index contributed by atoms with van der Waals surface area (Å²) in [5.74, 6) is 0.977. The number of aromatic nitrogens is 3. The van der Waals surface area contributed by atoms with E-state index in [0.29, 0.717) is 11.8 Å². The molecule has 1 aromatic carbocycles. The maximum Gasteiger partial charge on any atom is 0.245 e. The third kappa shape index (κ3) is 4.32. The standard InChI is InChI=1S/C21H30N4O/c1-15(2)20(24-21(26)16(3)25-14-22-13-23-25)19-11-9-18(10-12-19)17-7-5-4-6-8-17/h9-17,20H,4-8H2,1-3H3,(H,24,26). The number of hydrogen-bond acceptors (Lipinski definition) is 3. The number of hydrogen-bond donors (Lipinski definition) is 1. The van der Waals surface area contributed by atoms with Crippen LogP contribution in [-0.2, 0) is 4.79 Å². The zero-order valence-corrected chi connectivity index (χ0v) is 16.1. The Balaban J connectivity index is 1.70. The number of benzene rings is 1. The molecule has 0 aliphatic heterocycles. The summed E-state index contributed by atoms with van der Waals surface area (Å²) >= 11 is 0. The molecule has 1 amide bonds. The molecule has 3 rings (SSSR count). The molecule has 1 aliphatic rings. The minimum Gasteiger partial charge on any atom is -0.347 e. The maximum atomic E-state index is 12.6. The van der Waals surface area contributed by atoms with Crippen molar-refractivity contribution in [2.75, 3.05) is 0 Å². The molecule has 2 unspecified atom stereocenters. The fourth-order valence-electron chi connectivity index (χ4n) is 3.86. The van der Waals surface area contributed by atoms with E-state index in [4.69, 9.17) is 0 Å². The van der Waals surface area contributed by atoms with Crippen molar-refractivity contribution in [3.8, 4) is 0 Å². The summed E-state index contributed by atoms with van der Waals surface area (Å²) in [6.45, 7) is 6.12. The zero-order valence-electron chi connectivity index (χ0n) is 16.1. The molecule has 1 aromatic heterocycles. The topological polar surface area (TPSA) is 59.8 Å². The van der Waals surface area contributed by atoms with Crippen molar-refractivity contribution in [1.29, 1.82) is 0 Å². The van der Waals surface area contributed by atoms with Crippen molar-refractivity contribution in [2.45, 2.75) is 70.9 Å². The average molecular weight is 354 g/mol. The van der Waals surface area contributed by atoms with Crippen LogP contribution >= 0.6 is 0 Å². The molecular weight excluding hydrogens is 324 g/mol. The van der Waals surface area contributed by atoms with Gasteiger partial charge < -0.3 is 5.32 Å². The first-order valence-electron chi connectivity index (χ1n) is 9.80. The third-order valence-corrected chi connectivity index (χ3v) is 5.55. The second kappa shape index (κ2) is 8.47. The molecule has 1 heterocycles. The van der Waals surface area contributed by atoms with Gasteiger partial charge in [-0.05, 0) is 42.7 Å². The predicted molar refractivity (Wildman–Crippen MR) is 103 cm³/mol. The van der Waals surface area contributed by atoms with E-state index in [9.17, 15) is 4.79 Å². The Bertz CT molecular complexity index is 687. The van der Waals surface area contributed by atoms with Crippen LogP contribution in [0.25, 0.3) is 0 Å². The van der Waals surface area contributed by atoms with Crippen molar-refractivity contribution in [1.82, 2.24) is 20.1 Å². The van der Waals surface area contributed by atoms with Gasteiger partial charge in [0.15, 0.2) is 0 Å². The van der Waals surface area contributed by atoms with Gasteiger partial charge in [-0.1, -0.05) is 57.4 Å². The van der Waals surface area contributed by atoms with Crippen LogP contribution in [0.2, 0.25) is 0 Å². The molecular formula is C21H30N4O. The molecule has 1 aliphatic carbocycles. The molecule has 0 bridgehead atoms. The Labute approximate surface area is 156 Å². The SMILES string of the molecule is CC(C)C(NC(=O)C(C)n1cncn1)c1ccc(C2CCCCC2)cc1. The lowest BCUT2D eigenvalue weighted by Gasteiger charge is -2.26. The highest BCUT2D eigenvalue weighted by molar-refractivity contribution is 5.80. The first-order valence-corrected chi connectivity index (χ1v) is 9.80. The van der Waals surface area contributed by atoms with Gasteiger partial charge in [-0.15, -0.1) is 0 Å². The van der Waals surface area contributed by atoms with Gasteiger partial charge in [-0.2, -0.15) is 5.10 Å². The van der Waals surface area contributed by atoms with Crippen LogP contribution < -0.4 is 5.32 Å². The van der Waals surface area contributed by atoms with Gasteiger partial charge in [-0.25, -0.2) is 9.67 Å². The Morgan fingerprint density at radius 2 is 1.81 bits per heavy atom. The molecule has 0 radical (unpaired) electrons. The summed E-state index contributed by atoms with van der Waals surface area (Å²) in [5.41, 5.74) is 2.61. The monoisotopic (exact) mass is 354 g/mol. The summed E-state index contributed by atoms with van der Waals surface area (Å²) in [7, 11) is 0. The normalized spacial score (nSPS) is 17.8. The minimum atomic E-state index is -0.375. The van der Waals surface area contributed by atoms with E-state index >= 15 is 0 Å². The maximum absolute atomic E-state index is 12.6. The van der Waals surface area contributed by atoms with Gasteiger partial charge in [0.1, 0.15) is 18.7 Å². The number of nitrogens with zero attached hydrogens (tertiary/aromatic N) is 3. The van der Waals surface area contributed by atoms with Crippen LogP contribution in [-0.4, -0.2) is 20.7 Å². The second-order valence-corrected chi connectivity index (χ2v) is 7.78. The van der Waals surface area contributed by atoms with E-state index in [1.54, 1.807) is 11.0 Å². The summed E-state index contributed by atoms with van der Waals surface area (Å²) in [5, 5.41) is 7.26. The molecule has 1 fully saturated rings. The summed E-state index contributed by atoms with van der Waals surface area (Å²) in [4.78, 5) is 16.6. The first-order chi connectivity index (χ1) is 12.6. The first kappa shape index (κ1) is 18.6. The predicted octanol–water partition coefficient (Wildman–Crippen LogP) is 4.40. The molecule has 1 N–H and O–H groups in total. The Morgan fingerprint density at radius 1 is 1.12 bits per heavy atom. The Hall–Kier alpha value is -2.17. The van der Waals surface area contributed by atoms with E-state index < -0.39 is 0 Å². The van der Waals surface area contributed by atoms with Crippen molar-refractivity contribution in [2.24, 2.45) is 5.92 Å². The molecule has 5 heteroatoms. The van der Waals surface area contributed by atoms with E-state index in [-0.39, 0.29) is 18.0 Å². The van der Waals surface area contributed by atoms with Crippen LogP contribution in [0.1, 0.15) is 82.0 Å². The van der Waals surface area contributed by atoms with Crippen LogP contribution in [0.15, 0.2) is 36.9 Å². The molecule has 0 spiro atoms. The van der Waals surface area contributed by atoms with Gasteiger partial charge >= 0.3 is 0 Å². The van der Waals surface area contributed by atoms with Crippen molar-refractivity contribution in [3.05, 3.63) is 48.0 Å². The fourth-order valence-corrected chi connectivity index (χ4v) is 3.86. The quantitative estimate of drug-likeness (QED) is 0.836. The van der Waals surface area contributed by atoms with Crippen LogP contribution in [0.5, 0.6) is 0 Å². The highest BCUT2D eigenvalue weighted by Crippen LogP contribution is 2.33. The molecule has 5 nitrogen and oxygen atoms in total. The zero-order chi connectivity index (χ0) is 18.5. The third-order valence-electron chi connectivity index (χ3n) is 5.55. The molecule has 26 heavy (non-hydrogen) atoms. The Kier molecular flexibility index (Phi) is 6.07. The number of nitrogens with one attached hydrogen (secondary N) is 1. The summed E-state index contributed by atoms with van der Waals surface area (Å²) in [6, 6.07) is 8.51. The fraction of sp³-hybridized carbons (Fsp3) is 0.571. The number of carbonyl (C=O) groups is 1. The van der Waals surface area contributed by atoms with Gasteiger partial charge in [0, 0.05) is 0 Å². The highest BCUT2D eigenvalue weighted by Gasteiger charge is 2.23. The molecule has 2 atom stereocenters. The van der Waals surface area contributed by atoms with Gasteiger partial charge in [0.05, 0.1) is 6.04 Å². The molecule has 1 saturated carbocycles. The van der Waals surface area contributed by atoms with Gasteiger partial charge in [0.2, 0.25) is 5.91 Å². The van der Waals surface area contributed by atoms with E-state index in [1.165, 1.54) is 49.6 Å². The van der Waals surface area contributed by atoms with Gasteiger partial charge in [0.25, 0.3) is 0 Å². The smallest absolute Gasteiger partial charge is 0.245 e. The lowest BCUT2D eigenvalue weighted by Crippen LogP contribution is -2.36. The van der Waals surface area contributed by atoms with Crippen LogP contribution in [0.3, 0.4) is 0 Å². The van der Waals surface area contributed by atoms with Gasteiger partial charge in [-0.3, -0.25) is 4.79 Å². The molecule has 140 valence electrons. The van der Waals surface area contributed by atoms with Crippen LogP contribution in [0.4, 0.5) is 0 Å². The van der Waals surface area contributed by atoms with E-state index in [2.05, 4.69) is 53.5 Å². The number of rotatable bonds is 6.